The first-order valence-corrected chi connectivity index (χ1v) is 10.8. The van der Waals surface area contributed by atoms with E-state index in [4.69, 9.17) is 9.88 Å². The van der Waals surface area contributed by atoms with Crippen molar-refractivity contribution >= 4 is 54.7 Å². The zero-order valence-corrected chi connectivity index (χ0v) is 16.4. The molecule has 0 saturated heterocycles. The molecule has 0 aliphatic rings. The zero-order chi connectivity index (χ0) is 18.9. The van der Waals surface area contributed by atoms with Gasteiger partial charge in [-0.2, -0.15) is 0 Å². The molecule has 0 saturated carbocycles. The molecule has 11 heteroatoms. The molecule has 3 aromatic heterocycles. The Morgan fingerprint density at radius 2 is 2.08 bits per heavy atom. The fourth-order valence-corrected chi connectivity index (χ4v) is 5.13. The molecule has 8 nitrogen and oxygen atoms in total. The number of fused-ring (bicyclic) bond motifs is 1. The van der Waals surface area contributed by atoms with Crippen LogP contribution >= 0.6 is 22.7 Å². The molecule has 26 heavy (non-hydrogen) atoms. The largest absolute Gasteiger partial charge is 0.462 e. The van der Waals surface area contributed by atoms with Gasteiger partial charge in [-0.05, 0) is 31.5 Å². The van der Waals surface area contributed by atoms with E-state index in [2.05, 4.69) is 15.3 Å². The second-order valence-electron chi connectivity index (χ2n) is 5.30. The van der Waals surface area contributed by atoms with Crippen molar-refractivity contribution in [2.45, 2.75) is 24.6 Å². The Bertz CT molecular complexity index is 1070. The van der Waals surface area contributed by atoms with Crippen molar-refractivity contribution in [3.8, 4) is 0 Å². The molecule has 138 valence electrons. The van der Waals surface area contributed by atoms with Crippen molar-refractivity contribution < 1.29 is 17.9 Å². The van der Waals surface area contributed by atoms with Gasteiger partial charge in [0.25, 0.3) is 0 Å². The van der Waals surface area contributed by atoms with E-state index in [9.17, 15) is 13.2 Å². The van der Waals surface area contributed by atoms with Gasteiger partial charge >= 0.3 is 5.97 Å². The molecule has 0 fully saturated rings. The van der Waals surface area contributed by atoms with Crippen molar-refractivity contribution in [3.63, 3.8) is 0 Å². The molecular formula is C15H16N4O4S3. The van der Waals surface area contributed by atoms with E-state index in [1.807, 2.05) is 6.92 Å². The predicted octanol–water partition coefficient (Wildman–Crippen LogP) is 2.50. The van der Waals surface area contributed by atoms with E-state index in [0.717, 1.165) is 27.2 Å². The molecule has 0 aromatic carbocycles. The van der Waals surface area contributed by atoms with Gasteiger partial charge in [-0.3, -0.25) is 0 Å². The average molecular weight is 413 g/mol. The number of ether oxygens (including phenoxy) is 1. The molecule has 3 aromatic rings. The Morgan fingerprint density at radius 3 is 2.73 bits per heavy atom. The number of nitrogens with two attached hydrogens (primary N) is 1. The van der Waals surface area contributed by atoms with E-state index in [0.29, 0.717) is 28.7 Å². The number of rotatable bonds is 6. The van der Waals surface area contributed by atoms with Gasteiger partial charge in [-0.25, -0.2) is 28.3 Å². The van der Waals surface area contributed by atoms with Crippen LogP contribution in [0.1, 0.15) is 27.0 Å². The summed E-state index contributed by atoms with van der Waals surface area (Å²) >= 11 is 2.35. The summed E-state index contributed by atoms with van der Waals surface area (Å²) in [6, 6.07) is 3.17. The van der Waals surface area contributed by atoms with Gasteiger partial charge in [0.05, 0.1) is 18.5 Å². The number of hydrogen-bond acceptors (Lipinski definition) is 9. The number of primary sulfonamides is 1. The zero-order valence-electron chi connectivity index (χ0n) is 14.0. The highest BCUT2D eigenvalue weighted by molar-refractivity contribution is 7.91. The molecule has 0 atom stereocenters. The molecular weight excluding hydrogens is 396 g/mol. The number of carbonyl (C=O) groups is 1. The molecule has 0 amide bonds. The predicted molar refractivity (Wildman–Crippen MR) is 101 cm³/mol. The Morgan fingerprint density at radius 1 is 1.31 bits per heavy atom. The van der Waals surface area contributed by atoms with Crippen molar-refractivity contribution in [2.75, 3.05) is 11.9 Å². The maximum absolute atomic E-state index is 12.1. The second-order valence-corrected chi connectivity index (χ2v) is 9.25. The lowest BCUT2D eigenvalue weighted by Crippen LogP contribution is -2.09. The van der Waals surface area contributed by atoms with E-state index in [1.54, 1.807) is 13.0 Å². The molecule has 3 rings (SSSR count). The standard InChI is InChI=1S/C15H16N4O4S3/c1-3-23-15(20)12-8(2)11-13(18-7-19-14(11)25-12)17-6-9-4-5-10(24-9)26(16,21)22/h4-5,7H,3,6H2,1-2H3,(H2,16,21,22)(H,17,18,19). The van der Waals surface area contributed by atoms with Gasteiger partial charge in [0, 0.05) is 4.88 Å². The summed E-state index contributed by atoms with van der Waals surface area (Å²) in [5, 5.41) is 9.05. The second kappa shape index (κ2) is 7.27. The maximum atomic E-state index is 12.1. The summed E-state index contributed by atoms with van der Waals surface area (Å²) in [6.45, 7) is 4.25. The van der Waals surface area contributed by atoms with Gasteiger partial charge in [-0.1, -0.05) is 0 Å². The first-order chi connectivity index (χ1) is 12.3. The number of carbonyl (C=O) groups excluding carboxylic acids is 1. The quantitative estimate of drug-likeness (QED) is 0.596. The van der Waals surface area contributed by atoms with Crippen LogP contribution in [0.4, 0.5) is 5.82 Å². The third-order valence-electron chi connectivity index (χ3n) is 3.54. The highest BCUT2D eigenvalue weighted by atomic mass is 32.2. The van der Waals surface area contributed by atoms with E-state index in [1.165, 1.54) is 23.7 Å². The van der Waals surface area contributed by atoms with Crippen LogP contribution in [0.15, 0.2) is 22.7 Å². The molecule has 3 heterocycles. The minimum atomic E-state index is -3.70. The minimum Gasteiger partial charge on any atom is -0.462 e. The molecule has 0 spiro atoms. The number of thiophene rings is 2. The fourth-order valence-electron chi connectivity index (χ4n) is 2.37. The number of aryl methyl sites for hydroxylation is 1. The van der Waals surface area contributed by atoms with Gasteiger partial charge in [0.15, 0.2) is 0 Å². The number of sulfonamides is 1. The lowest BCUT2D eigenvalue weighted by atomic mass is 10.2. The van der Waals surface area contributed by atoms with Crippen LogP contribution in [0.2, 0.25) is 0 Å². The fraction of sp³-hybridized carbons (Fsp3) is 0.267. The Kier molecular flexibility index (Phi) is 5.23. The summed E-state index contributed by atoms with van der Waals surface area (Å²) in [7, 11) is -3.70. The van der Waals surface area contributed by atoms with Crippen LogP contribution in [0.3, 0.4) is 0 Å². The lowest BCUT2D eigenvalue weighted by Gasteiger charge is -2.06. The summed E-state index contributed by atoms with van der Waals surface area (Å²) in [5.74, 6) is 0.194. The molecule has 0 radical (unpaired) electrons. The number of hydrogen-bond donors (Lipinski definition) is 2. The third-order valence-corrected chi connectivity index (χ3v) is 7.24. The summed E-state index contributed by atoms with van der Waals surface area (Å²) in [5.41, 5.74) is 0.753. The first-order valence-electron chi connectivity index (χ1n) is 7.58. The van der Waals surface area contributed by atoms with E-state index < -0.39 is 10.0 Å². The van der Waals surface area contributed by atoms with Gasteiger partial charge < -0.3 is 10.1 Å². The lowest BCUT2D eigenvalue weighted by molar-refractivity contribution is 0.0531. The summed E-state index contributed by atoms with van der Waals surface area (Å²) in [4.78, 5) is 22.5. The molecule has 0 unspecified atom stereocenters. The first kappa shape index (κ1) is 18.7. The highest BCUT2D eigenvalue weighted by Gasteiger charge is 2.20. The maximum Gasteiger partial charge on any atom is 0.348 e. The Labute approximate surface area is 158 Å². The van der Waals surface area contributed by atoms with Crippen molar-refractivity contribution in [1.29, 1.82) is 0 Å². The molecule has 0 aliphatic carbocycles. The SMILES string of the molecule is CCOC(=O)c1sc2ncnc(NCc3ccc(S(N)(=O)=O)s3)c2c1C. The highest BCUT2D eigenvalue weighted by Crippen LogP contribution is 2.34. The normalized spacial score (nSPS) is 11.7. The minimum absolute atomic E-state index is 0.110. The van der Waals surface area contributed by atoms with Gasteiger partial charge in [-0.15, -0.1) is 22.7 Å². The average Bonchev–Trinajstić information content (AvgIpc) is 3.18. The van der Waals surface area contributed by atoms with Crippen LogP contribution < -0.4 is 10.5 Å². The Hall–Kier alpha value is -2.08. The van der Waals surface area contributed by atoms with Crippen LogP contribution in [-0.4, -0.2) is 31.0 Å². The van der Waals surface area contributed by atoms with Gasteiger partial charge in [0.1, 0.15) is 26.1 Å². The van der Waals surface area contributed by atoms with Gasteiger partial charge in [0.2, 0.25) is 10.0 Å². The topological polar surface area (TPSA) is 124 Å². The number of anilines is 1. The van der Waals surface area contributed by atoms with Crippen LogP contribution in [-0.2, 0) is 21.3 Å². The third kappa shape index (κ3) is 3.70. The smallest absolute Gasteiger partial charge is 0.348 e. The molecule has 0 aliphatic heterocycles. The number of aromatic nitrogens is 2. The van der Waals surface area contributed by atoms with Crippen molar-refractivity contribution in [2.24, 2.45) is 5.14 Å². The number of nitrogens with zero attached hydrogens (tertiary/aromatic N) is 2. The number of esters is 1. The summed E-state index contributed by atoms with van der Waals surface area (Å²) < 4.78 is 27.9. The van der Waals surface area contributed by atoms with Crippen LogP contribution in [0.5, 0.6) is 0 Å². The van der Waals surface area contributed by atoms with E-state index >= 15 is 0 Å². The molecule has 3 N–H and O–H groups in total. The van der Waals surface area contributed by atoms with Crippen molar-refractivity contribution in [1.82, 2.24) is 9.97 Å². The van der Waals surface area contributed by atoms with Crippen molar-refractivity contribution in [3.05, 3.63) is 33.8 Å². The summed E-state index contributed by atoms with van der Waals surface area (Å²) in [6.07, 6.45) is 1.42. The number of nitrogens with one attached hydrogen (secondary N) is 1. The van der Waals surface area contributed by atoms with Crippen LogP contribution in [0, 0.1) is 6.92 Å². The Balaban J connectivity index is 1.88. The van der Waals surface area contributed by atoms with Crippen LogP contribution in [0.25, 0.3) is 10.2 Å². The van der Waals surface area contributed by atoms with E-state index in [-0.39, 0.29) is 10.2 Å². The molecule has 0 bridgehead atoms. The monoisotopic (exact) mass is 412 g/mol.